The van der Waals surface area contributed by atoms with E-state index < -0.39 is 85.4 Å². The van der Waals surface area contributed by atoms with Gasteiger partial charge in [0, 0.05) is 77.5 Å². The number of nitrogens with two attached hydrogens (primary N) is 2. The number of carbonyl (C=O) groups is 8. The zero-order valence-electron chi connectivity index (χ0n) is 64.3. The summed E-state index contributed by atoms with van der Waals surface area (Å²) in [6, 6.07) is 47.7. The van der Waals surface area contributed by atoms with Gasteiger partial charge in [-0.2, -0.15) is 0 Å². The Kier molecular flexibility index (Phi) is 35.5. The van der Waals surface area contributed by atoms with Gasteiger partial charge in [0.05, 0.1) is 75.5 Å². The summed E-state index contributed by atoms with van der Waals surface area (Å²) in [6.07, 6.45) is -0.688. The molecule has 0 unspecified atom stereocenters. The number of anilines is 1. The van der Waals surface area contributed by atoms with E-state index in [1.54, 1.807) is 62.3 Å². The van der Waals surface area contributed by atoms with E-state index in [-0.39, 0.29) is 51.1 Å². The number of sulfonamides is 2. The van der Waals surface area contributed by atoms with Crippen LogP contribution < -0.4 is 27.4 Å². The Morgan fingerprint density at radius 1 is 0.438 bits per heavy atom. The van der Waals surface area contributed by atoms with Crippen LogP contribution in [-0.2, 0) is 68.0 Å². The summed E-state index contributed by atoms with van der Waals surface area (Å²) in [5.41, 5.74) is 17.7. The first-order valence-corrected chi connectivity index (χ1v) is 40.8. The van der Waals surface area contributed by atoms with Crippen molar-refractivity contribution < 1.29 is 74.9 Å². The standard InChI is InChI=1S/C22H23N3O4S2.C18H22N2O3S.C13H14N2OS.C9H8N2S.C9H11NO4S.C8H15NO4/c1-15(20(26)13-21-24-19(14-30-21)16-8-5-4-6-9-16)23-22(27)17-10-7-11-18(12-17)31(28,29)25(2)3;1-12(19-17(22)23-18(2,3)4)15(21)10-16-20-14(11-24-16)13-8-6-5-7-9-13;1-9(14)12(16)7-13-15-11(8-17-13)10-5-3-2-4-6-10;10-9-11-8(6-12-9)7-4-2-1-3-5-7;1-10(2)15(13,14)8-5-3-4-7(6-8)9(11)12;1-5(6(10)11)9-7(12)13-8(2,3)4/h4-12,14-15H,13H2,1-3H3,(H,23,27);5-9,11-12H,10H2,1-4H3,(H,19,22);2-6,8-9H,7,14H2,1H3;1-6H,(H2,10,11);3-6H,1-2H3,(H,11,12);5H,1-4H3,(H,9,12)(H,10,11)/t15-;12-;9-;;;5-/m000..0/s1. The predicted molar refractivity (Wildman–Crippen MR) is 438 cm³/mol. The predicted octanol–water partition coefficient (Wildman–Crippen LogP) is 13.1. The van der Waals surface area contributed by atoms with Crippen LogP contribution >= 0.6 is 45.3 Å². The molecule has 33 heteroatoms. The molecular weight excluding hydrogens is 1550 g/mol. The number of aromatic nitrogens is 4. The Labute approximate surface area is 668 Å². The fourth-order valence-electron chi connectivity index (χ4n) is 8.82. The van der Waals surface area contributed by atoms with Gasteiger partial charge in [-0.3, -0.25) is 24.0 Å². The van der Waals surface area contributed by atoms with Crippen molar-refractivity contribution in [2.45, 2.75) is 134 Å². The molecule has 0 aliphatic heterocycles. The summed E-state index contributed by atoms with van der Waals surface area (Å²) in [7, 11) is -1.60. The number of carbonyl (C=O) groups excluding carboxylic acids is 6. The van der Waals surface area contributed by atoms with E-state index in [0.717, 1.165) is 69.7 Å². The summed E-state index contributed by atoms with van der Waals surface area (Å²) < 4.78 is 60.0. The average Bonchev–Trinajstić information content (AvgIpc) is 1.24. The van der Waals surface area contributed by atoms with Crippen LogP contribution in [0.1, 0.15) is 105 Å². The van der Waals surface area contributed by atoms with E-state index in [9.17, 15) is 55.2 Å². The van der Waals surface area contributed by atoms with Crippen LogP contribution in [0.5, 0.6) is 0 Å². The molecule has 0 aliphatic rings. The number of Topliss-reactive ketones (excluding diaryl/α,β-unsaturated/α-hetero) is 3. The van der Waals surface area contributed by atoms with Gasteiger partial charge in [-0.25, -0.2) is 59.8 Å². The van der Waals surface area contributed by atoms with Gasteiger partial charge in [-0.05, 0) is 106 Å². The lowest BCUT2D eigenvalue weighted by Crippen LogP contribution is -2.42. The average molecular weight is 1650 g/mol. The normalized spacial score (nSPS) is 12.2. The Bertz CT molecular complexity index is 4990. The second kappa shape index (κ2) is 43.3. The minimum atomic E-state index is -3.66. The van der Waals surface area contributed by atoms with Crippen molar-refractivity contribution in [2.75, 3.05) is 33.9 Å². The monoisotopic (exact) mass is 1640 g/mol. The maximum atomic E-state index is 12.6. The number of amides is 3. The summed E-state index contributed by atoms with van der Waals surface area (Å²) in [5.74, 6) is -3.01. The number of carboxylic acid groups (broad SMARTS) is 2. The van der Waals surface area contributed by atoms with Crippen LogP contribution in [0.4, 0.5) is 14.7 Å². The molecule has 6 aromatic carbocycles. The Hall–Kier alpha value is -10.6. The molecule has 4 aromatic heterocycles. The van der Waals surface area contributed by atoms with Gasteiger partial charge in [-0.1, -0.05) is 133 Å². The van der Waals surface area contributed by atoms with Crippen LogP contribution in [0, 0.1) is 0 Å². The Morgan fingerprint density at radius 3 is 1.06 bits per heavy atom. The molecule has 4 atom stereocenters. The number of thiazole rings is 4. The number of hydrogen-bond donors (Lipinski definition) is 7. The topological polar surface area (TPSA) is 410 Å². The minimum absolute atomic E-state index is 0.0142. The van der Waals surface area contributed by atoms with Crippen molar-refractivity contribution in [3.63, 3.8) is 0 Å². The second-order valence-corrected chi connectivity index (χ2v) is 34.9. The SMILES string of the molecule is CN(C)S(=O)(=O)c1cccc(C(=O)O)c1.C[C@H](N)C(=O)Cc1nc(-c2ccccc2)cs1.C[C@H](NC(=O)OC(C)(C)C)C(=O)Cc1nc(-c2ccccc2)cs1.C[C@H](NC(=O)OC(C)(C)C)C(=O)O.C[C@H](NC(=O)c1cccc(S(=O)(=O)N(C)C)c1)C(=O)Cc1nc(-c2ccccc2)cs1.Nc1nc(-c2ccccc2)cs1. The number of aliphatic carboxylic acids is 1. The molecule has 3 amide bonds. The molecule has 0 spiro atoms. The van der Waals surface area contributed by atoms with Crippen molar-refractivity contribution in [1.29, 1.82) is 0 Å². The molecule has 9 N–H and O–H groups in total. The highest BCUT2D eigenvalue weighted by atomic mass is 32.2. The molecule has 10 aromatic rings. The number of hydrogen-bond acceptors (Lipinski definition) is 24. The van der Waals surface area contributed by atoms with Gasteiger partial charge >= 0.3 is 24.1 Å². The molecule has 4 heterocycles. The van der Waals surface area contributed by atoms with E-state index >= 15 is 0 Å². The van der Waals surface area contributed by atoms with Gasteiger partial charge in [0.25, 0.3) is 5.91 Å². The third-order valence-electron chi connectivity index (χ3n) is 14.8. The van der Waals surface area contributed by atoms with Crippen molar-refractivity contribution in [1.82, 2.24) is 44.5 Å². The number of rotatable bonds is 23. The number of aromatic carboxylic acids is 1. The smallest absolute Gasteiger partial charge is 0.408 e. The fourth-order valence-corrected chi connectivity index (χ4v) is 13.7. The Balaban J connectivity index is 0.000000249. The largest absolute Gasteiger partial charge is 0.480 e. The van der Waals surface area contributed by atoms with Crippen LogP contribution in [-0.4, -0.2) is 167 Å². The van der Waals surface area contributed by atoms with Gasteiger partial charge < -0.3 is 47.1 Å². The first kappa shape index (κ1) is 92.0. The number of nitrogens with zero attached hydrogens (tertiary/aromatic N) is 6. The molecule has 0 fully saturated rings. The molecule has 0 aliphatic carbocycles. The number of carboxylic acids is 2. The molecule has 0 radical (unpaired) electrons. The second-order valence-electron chi connectivity index (χ2n) is 26.8. The van der Waals surface area contributed by atoms with Crippen molar-refractivity contribution >= 4 is 118 Å². The van der Waals surface area contributed by atoms with Gasteiger partial charge in [-0.15, -0.1) is 45.3 Å². The van der Waals surface area contributed by atoms with Crippen LogP contribution in [0.3, 0.4) is 0 Å². The number of alkyl carbamates (subject to hydrolysis) is 2. The summed E-state index contributed by atoms with van der Waals surface area (Å²) in [6.45, 7) is 16.8. The number of nitrogen functional groups attached to an aromatic ring is 1. The summed E-state index contributed by atoms with van der Waals surface area (Å²) in [5, 5.41) is 35.2. The van der Waals surface area contributed by atoms with Crippen molar-refractivity contribution in [3.05, 3.63) is 218 Å². The lowest BCUT2D eigenvalue weighted by atomic mass is 10.1. The lowest BCUT2D eigenvalue weighted by Gasteiger charge is -2.21. The first-order chi connectivity index (χ1) is 52.5. The molecule has 112 heavy (non-hydrogen) atoms. The zero-order chi connectivity index (χ0) is 83.3. The quantitative estimate of drug-likeness (QED) is 0.0313. The molecule has 0 bridgehead atoms. The van der Waals surface area contributed by atoms with Gasteiger partial charge in [0.15, 0.2) is 22.5 Å². The summed E-state index contributed by atoms with van der Waals surface area (Å²) in [4.78, 5) is 110. The minimum Gasteiger partial charge on any atom is -0.480 e. The molecule has 10 rings (SSSR count). The zero-order valence-corrected chi connectivity index (χ0v) is 69.2. The number of benzene rings is 6. The van der Waals surface area contributed by atoms with E-state index in [1.807, 2.05) is 143 Å². The van der Waals surface area contributed by atoms with Crippen molar-refractivity contribution in [3.8, 4) is 45.0 Å². The highest BCUT2D eigenvalue weighted by Crippen LogP contribution is 2.27. The molecular formula is C79H93N11O16S6. The molecule has 27 nitrogen and oxygen atoms in total. The van der Waals surface area contributed by atoms with Crippen LogP contribution in [0.15, 0.2) is 201 Å². The van der Waals surface area contributed by atoms with Crippen LogP contribution in [0.25, 0.3) is 45.0 Å². The van der Waals surface area contributed by atoms with E-state index in [1.165, 1.54) is 123 Å². The summed E-state index contributed by atoms with van der Waals surface area (Å²) >= 11 is 5.81. The Morgan fingerprint density at radius 2 is 0.750 bits per heavy atom. The van der Waals surface area contributed by atoms with E-state index in [2.05, 4.69) is 35.9 Å². The van der Waals surface area contributed by atoms with Gasteiger partial charge in [0.2, 0.25) is 20.0 Å². The number of ether oxygens (including phenoxy) is 2. The third kappa shape index (κ3) is 31.3. The first-order valence-electron chi connectivity index (χ1n) is 34.4. The highest BCUT2D eigenvalue weighted by molar-refractivity contribution is 7.89. The number of nitrogens with one attached hydrogen (secondary N) is 3. The maximum Gasteiger partial charge on any atom is 0.408 e. The molecule has 0 saturated carbocycles. The molecule has 0 saturated heterocycles. The van der Waals surface area contributed by atoms with E-state index in [4.69, 9.17) is 31.2 Å². The van der Waals surface area contributed by atoms with Crippen molar-refractivity contribution in [2.24, 2.45) is 5.73 Å². The lowest BCUT2D eigenvalue weighted by molar-refractivity contribution is -0.139. The third-order valence-corrected chi connectivity index (χ3v) is 21.7. The van der Waals surface area contributed by atoms with Crippen LogP contribution in [0.2, 0.25) is 0 Å². The fraction of sp³-hybridized carbons (Fsp3) is 0.291. The van der Waals surface area contributed by atoms with Gasteiger partial charge in [0.1, 0.15) is 32.3 Å². The van der Waals surface area contributed by atoms with E-state index in [0.29, 0.717) is 16.6 Å². The molecule has 596 valence electrons. The number of ketones is 3. The highest BCUT2D eigenvalue weighted by Gasteiger charge is 2.26. The maximum absolute atomic E-state index is 12.6.